The first kappa shape index (κ1) is 32.3. The molecule has 0 aliphatic carbocycles. The van der Waals surface area contributed by atoms with Gasteiger partial charge < -0.3 is 28.5 Å². The number of aliphatic hydroxyl groups is 1. The Bertz CT molecular complexity index is 1360. The predicted octanol–water partition coefficient (Wildman–Crippen LogP) is 5.47. The lowest BCUT2D eigenvalue weighted by Crippen LogP contribution is -2.68. The third kappa shape index (κ3) is 7.21. The first-order chi connectivity index (χ1) is 21.3. The summed E-state index contributed by atoms with van der Waals surface area (Å²) in [5, 5.41) is 14.0. The monoisotopic (exact) mass is 612 g/mol. The first-order valence-corrected chi connectivity index (χ1v) is 17.2. The van der Waals surface area contributed by atoms with E-state index < -0.39 is 39.0 Å². The second-order valence-corrected chi connectivity index (χ2v) is 16.6. The SMILES string of the molecule is CO[C@@H]1OC(CO[Si](c2ccccc2)(c2ccccc2)C(C)(C)C)[C@H](O)[C@H](OCc2ccccc2)C1OCc1ccccc1. The highest BCUT2D eigenvalue weighted by molar-refractivity contribution is 6.99. The van der Waals surface area contributed by atoms with Crippen LogP contribution in [0.3, 0.4) is 0 Å². The van der Waals surface area contributed by atoms with E-state index in [0.29, 0.717) is 13.2 Å². The van der Waals surface area contributed by atoms with Crippen molar-refractivity contribution in [3.63, 3.8) is 0 Å². The molecule has 1 saturated heterocycles. The third-order valence-electron chi connectivity index (χ3n) is 8.30. The molecule has 1 fully saturated rings. The maximum absolute atomic E-state index is 11.9. The molecule has 0 saturated carbocycles. The highest BCUT2D eigenvalue weighted by Crippen LogP contribution is 2.38. The molecule has 4 aromatic rings. The number of ether oxygens (including phenoxy) is 4. The molecule has 1 heterocycles. The topological polar surface area (TPSA) is 66.4 Å². The number of hydrogen-bond donors (Lipinski definition) is 1. The molecule has 6 nitrogen and oxygen atoms in total. The van der Waals surface area contributed by atoms with Gasteiger partial charge in [-0.3, -0.25) is 0 Å². The minimum Gasteiger partial charge on any atom is -0.405 e. The minimum atomic E-state index is -2.87. The Kier molecular flexibility index (Phi) is 10.8. The molecule has 2 unspecified atom stereocenters. The quantitative estimate of drug-likeness (QED) is 0.214. The molecular weight excluding hydrogens is 568 g/mol. The lowest BCUT2D eigenvalue weighted by Gasteiger charge is -2.47. The molecule has 232 valence electrons. The molecule has 1 aliphatic heterocycles. The number of benzene rings is 4. The standard InChI is InChI=1S/C37H44O6Si/c1-37(2,3)44(30-21-13-7-14-22-30,31-23-15-8-16-24-31)42-27-32-33(38)34(40-25-28-17-9-5-10-18-28)35(36(39-4)43-32)41-26-29-19-11-6-12-20-29/h5-24,32-36,38H,25-27H2,1-4H3/t32?,33-,34-,35?,36+/m0/s1. The van der Waals surface area contributed by atoms with Gasteiger partial charge in [-0.1, -0.05) is 142 Å². The van der Waals surface area contributed by atoms with Gasteiger partial charge in [0.15, 0.2) is 6.29 Å². The lowest BCUT2D eigenvalue weighted by molar-refractivity contribution is -0.313. The summed E-state index contributed by atoms with van der Waals surface area (Å²) in [7, 11) is -1.28. The van der Waals surface area contributed by atoms with E-state index in [1.54, 1.807) is 7.11 Å². The molecule has 0 aromatic heterocycles. The highest BCUT2D eigenvalue weighted by atomic mass is 28.4. The molecule has 1 aliphatic rings. The zero-order valence-electron chi connectivity index (χ0n) is 26.0. The zero-order valence-corrected chi connectivity index (χ0v) is 27.0. The summed E-state index contributed by atoms with van der Waals surface area (Å²) in [5.74, 6) is 0. The zero-order chi connectivity index (χ0) is 31.0. The van der Waals surface area contributed by atoms with Crippen molar-refractivity contribution in [1.29, 1.82) is 0 Å². The molecule has 7 heteroatoms. The van der Waals surface area contributed by atoms with Gasteiger partial charge in [0, 0.05) is 7.11 Å². The second-order valence-electron chi connectivity index (χ2n) is 12.3. The fourth-order valence-electron chi connectivity index (χ4n) is 6.09. The Balaban J connectivity index is 1.44. The van der Waals surface area contributed by atoms with Crippen molar-refractivity contribution in [3.8, 4) is 0 Å². The van der Waals surface area contributed by atoms with Crippen LogP contribution in [0.5, 0.6) is 0 Å². The van der Waals surface area contributed by atoms with E-state index in [-0.39, 0.29) is 11.6 Å². The van der Waals surface area contributed by atoms with Gasteiger partial charge in [-0.2, -0.15) is 0 Å². The normalized spacial score (nSPS) is 22.5. The smallest absolute Gasteiger partial charge is 0.261 e. The van der Waals surface area contributed by atoms with Gasteiger partial charge in [-0.25, -0.2) is 0 Å². The summed E-state index contributed by atoms with van der Waals surface area (Å²) in [6, 6.07) is 40.7. The van der Waals surface area contributed by atoms with Crippen LogP contribution in [-0.2, 0) is 36.6 Å². The average molecular weight is 613 g/mol. The molecule has 0 spiro atoms. The van der Waals surface area contributed by atoms with Crippen LogP contribution in [0.25, 0.3) is 0 Å². The highest BCUT2D eigenvalue weighted by Gasteiger charge is 2.53. The fourth-order valence-corrected chi connectivity index (χ4v) is 10.7. The van der Waals surface area contributed by atoms with Crippen LogP contribution in [0.15, 0.2) is 121 Å². The van der Waals surface area contributed by atoms with Crippen molar-refractivity contribution in [2.45, 2.75) is 69.7 Å². The Morgan fingerprint density at radius 2 is 1.09 bits per heavy atom. The predicted molar refractivity (Wildman–Crippen MR) is 175 cm³/mol. The van der Waals surface area contributed by atoms with Crippen LogP contribution in [0.4, 0.5) is 0 Å². The fraction of sp³-hybridized carbons (Fsp3) is 0.351. The number of rotatable bonds is 12. The van der Waals surface area contributed by atoms with Gasteiger partial charge in [-0.05, 0) is 26.5 Å². The van der Waals surface area contributed by atoms with E-state index >= 15 is 0 Å². The molecule has 44 heavy (non-hydrogen) atoms. The van der Waals surface area contributed by atoms with Crippen molar-refractivity contribution < 1.29 is 28.5 Å². The number of aliphatic hydroxyl groups excluding tert-OH is 1. The van der Waals surface area contributed by atoms with Crippen LogP contribution < -0.4 is 10.4 Å². The van der Waals surface area contributed by atoms with Crippen molar-refractivity contribution in [3.05, 3.63) is 132 Å². The van der Waals surface area contributed by atoms with Gasteiger partial charge in [0.05, 0.1) is 19.8 Å². The van der Waals surface area contributed by atoms with E-state index in [1.165, 1.54) is 0 Å². The van der Waals surface area contributed by atoms with Gasteiger partial charge in [0.1, 0.15) is 24.4 Å². The molecule has 0 amide bonds. The van der Waals surface area contributed by atoms with E-state index in [9.17, 15) is 5.11 Å². The van der Waals surface area contributed by atoms with Crippen molar-refractivity contribution in [2.75, 3.05) is 13.7 Å². The Morgan fingerprint density at radius 1 is 0.659 bits per heavy atom. The molecule has 1 N–H and O–H groups in total. The molecule has 5 rings (SSSR count). The number of methoxy groups -OCH3 is 1. The molecular formula is C37H44O6Si. The van der Waals surface area contributed by atoms with Gasteiger partial charge in [0.25, 0.3) is 8.32 Å². The molecule has 0 radical (unpaired) electrons. The van der Waals surface area contributed by atoms with E-state index in [2.05, 4.69) is 69.3 Å². The van der Waals surface area contributed by atoms with E-state index in [4.69, 9.17) is 23.4 Å². The second kappa shape index (κ2) is 14.8. The maximum atomic E-state index is 11.9. The summed E-state index contributed by atoms with van der Waals surface area (Å²) in [5.41, 5.74) is 2.01. The summed E-state index contributed by atoms with van der Waals surface area (Å²) < 4.78 is 32.2. The van der Waals surface area contributed by atoms with Crippen molar-refractivity contribution in [1.82, 2.24) is 0 Å². The third-order valence-corrected chi connectivity index (χ3v) is 13.3. The maximum Gasteiger partial charge on any atom is 0.261 e. The Morgan fingerprint density at radius 3 is 1.52 bits per heavy atom. The van der Waals surface area contributed by atoms with Gasteiger partial charge in [0.2, 0.25) is 0 Å². The van der Waals surface area contributed by atoms with Crippen LogP contribution in [0, 0.1) is 0 Å². The van der Waals surface area contributed by atoms with Gasteiger partial charge in [-0.15, -0.1) is 0 Å². The largest absolute Gasteiger partial charge is 0.405 e. The first-order valence-electron chi connectivity index (χ1n) is 15.3. The summed E-state index contributed by atoms with van der Waals surface area (Å²) in [4.78, 5) is 0. The van der Waals surface area contributed by atoms with Crippen LogP contribution >= 0.6 is 0 Å². The van der Waals surface area contributed by atoms with Gasteiger partial charge >= 0.3 is 0 Å². The van der Waals surface area contributed by atoms with Crippen LogP contribution in [0.1, 0.15) is 31.9 Å². The lowest BCUT2D eigenvalue weighted by atomic mass is 9.98. The molecule has 4 aromatic carbocycles. The van der Waals surface area contributed by atoms with Crippen molar-refractivity contribution in [2.24, 2.45) is 0 Å². The van der Waals surface area contributed by atoms with Crippen molar-refractivity contribution >= 4 is 18.7 Å². The summed E-state index contributed by atoms with van der Waals surface area (Å²) >= 11 is 0. The molecule has 0 bridgehead atoms. The van der Waals surface area contributed by atoms with E-state index in [0.717, 1.165) is 21.5 Å². The van der Waals surface area contributed by atoms with E-state index in [1.807, 2.05) is 72.8 Å². The minimum absolute atomic E-state index is 0.158. The Hall–Kier alpha value is -3.14. The number of hydrogen-bond acceptors (Lipinski definition) is 6. The van der Waals surface area contributed by atoms with Crippen LogP contribution in [0.2, 0.25) is 5.04 Å². The average Bonchev–Trinajstić information content (AvgIpc) is 3.05. The summed E-state index contributed by atoms with van der Waals surface area (Å²) in [6.45, 7) is 7.49. The summed E-state index contributed by atoms with van der Waals surface area (Å²) in [6.07, 6.45) is -3.88. The van der Waals surface area contributed by atoms with Crippen LogP contribution in [-0.4, -0.2) is 57.8 Å². The Labute approximate surface area is 262 Å². The molecule has 5 atom stereocenters.